The maximum absolute atomic E-state index is 8.25. The highest BCUT2D eigenvalue weighted by molar-refractivity contribution is 4.51. The number of hydrogen-bond acceptors (Lipinski definition) is 5. The number of rotatable bonds is 11. The van der Waals surface area contributed by atoms with Gasteiger partial charge in [-0.3, -0.25) is 15.3 Å². The van der Waals surface area contributed by atoms with Crippen molar-refractivity contribution in [2.45, 2.75) is 46.0 Å². The minimum Gasteiger partial charge on any atom is -0.381 e. The summed E-state index contributed by atoms with van der Waals surface area (Å²) in [6, 6.07) is 0. The van der Waals surface area contributed by atoms with E-state index in [4.69, 9.17) is 15.2 Å². The van der Waals surface area contributed by atoms with Crippen LogP contribution >= 0.6 is 0 Å². The predicted molar refractivity (Wildman–Crippen MR) is 60.1 cm³/mol. The van der Waals surface area contributed by atoms with Gasteiger partial charge in [-0.1, -0.05) is 26.7 Å². The zero-order valence-electron chi connectivity index (χ0n) is 10.4. The topological polar surface area (TPSA) is 62.2 Å². The summed E-state index contributed by atoms with van der Waals surface area (Å²) in [5.74, 6) is 0.626. The van der Waals surface area contributed by atoms with E-state index in [2.05, 4.69) is 18.7 Å². The SMILES string of the molecule is CCCCC(C)COCCCCON(O)O. The monoisotopic (exact) mass is 235 g/mol. The Balaban J connectivity index is 3.08. The van der Waals surface area contributed by atoms with Crippen LogP contribution in [0.3, 0.4) is 0 Å². The van der Waals surface area contributed by atoms with Gasteiger partial charge in [-0.15, -0.1) is 0 Å². The predicted octanol–water partition coefficient (Wildman–Crippen LogP) is 2.62. The lowest BCUT2D eigenvalue weighted by Gasteiger charge is -2.11. The van der Waals surface area contributed by atoms with Gasteiger partial charge in [0.2, 0.25) is 0 Å². The average Bonchev–Trinajstić information content (AvgIpc) is 2.24. The normalized spacial score (nSPS) is 13.3. The molecule has 0 aromatic carbocycles. The third-order valence-electron chi connectivity index (χ3n) is 2.34. The van der Waals surface area contributed by atoms with Crippen LogP contribution in [0.2, 0.25) is 0 Å². The van der Waals surface area contributed by atoms with Crippen LogP contribution in [-0.4, -0.2) is 35.6 Å². The summed E-state index contributed by atoms with van der Waals surface area (Å²) < 4.78 is 5.51. The Morgan fingerprint density at radius 3 is 2.44 bits per heavy atom. The van der Waals surface area contributed by atoms with Crippen molar-refractivity contribution in [2.24, 2.45) is 5.92 Å². The van der Waals surface area contributed by atoms with Gasteiger partial charge in [0, 0.05) is 13.2 Å². The molecule has 0 heterocycles. The third-order valence-corrected chi connectivity index (χ3v) is 2.34. The van der Waals surface area contributed by atoms with Crippen LogP contribution in [0.25, 0.3) is 0 Å². The van der Waals surface area contributed by atoms with E-state index in [-0.39, 0.29) is 5.39 Å². The number of nitrogens with zero attached hydrogens (tertiary/aromatic N) is 1. The number of unbranched alkanes of at least 4 members (excludes halogenated alkanes) is 2. The molecule has 2 N–H and O–H groups in total. The molecule has 0 amide bonds. The van der Waals surface area contributed by atoms with Crippen LogP contribution < -0.4 is 0 Å². The van der Waals surface area contributed by atoms with Crippen LogP contribution in [0.15, 0.2) is 0 Å². The van der Waals surface area contributed by atoms with Crippen molar-refractivity contribution in [3.63, 3.8) is 0 Å². The van der Waals surface area contributed by atoms with Crippen molar-refractivity contribution in [1.29, 1.82) is 0 Å². The Morgan fingerprint density at radius 2 is 1.81 bits per heavy atom. The fraction of sp³-hybridized carbons (Fsp3) is 1.00. The van der Waals surface area contributed by atoms with Crippen molar-refractivity contribution >= 4 is 0 Å². The largest absolute Gasteiger partial charge is 0.381 e. The molecule has 0 aliphatic heterocycles. The lowest BCUT2D eigenvalue weighted by molar-refractivity contribution is -0.492. The smallest absolute Gasteiger partial charge is 0.0737 e. The summed E-state index contributed by atoms with van der Waals surface area (Å²) in [7, 11) is 0. The fourth-order valence-electron chi connectivity index (χ4n) is 1.37. The highest BCUT2D eigenvalue weighted by Gasteiger charge is 2.01. The zero-order valence-corrected chi connectivity index (χ0v) is 10.4. The van der Waals surface area contributed by atoms with E-state index >= 15 is 0 Å². The molecule has 0 saturated carbocycles. The molecule has 0 spiro atoms. The fourth-order valence-corrected chi connectivity index (χ4v) is 1.37. The maximum Gasteiger partial charge on any atom is 0.0737 e. The molecule has 5 nitrogen and oxygen atoms in total. The van der Waals surface area contributed by atoms with Crippen molar-refractivity contribution in [3.05, 3.63) is 0 Å². The molecule has 0 aliphatic rings. The molecule has 1 atom stereocenters. The first kappa shape index (κ1) is 15.8. The molecule has 0 fully saturated rings. The summed E-state index contributed by atoms with van der Waals surface area (Å²) in [5, 5.41) is 16.2. The van der Waals surface area contributed by atoms with Gasteiger partial charge in [0.15, 0.2) is 0 Å². The van der Waals surface area contributed by atoms with E-state index < -0.39 is 0 Å². The van der Waals surface area contributed by atoms with Gasteiger partial charge in [0.05, 0.1) is 12.0 Å². The van der Waals surface area contributed by atoms with Gasteiger partial charge in [-0.2, -0.15) is 0 Å². The molecular weight excluding hydrogens is 210 g/mol. The van der Waals surface area contributed by atoms with E-state index in [9.17, 15) is 0 Å². The molecule has 0 rings (SSSR count). The van der Waals surface area contributed by atoms with Crippen molar-refractivity contribution in [3.8, 4) is 0 Å². The third kappa shape index (κ3) is 11.9. The van der Waals surface area contributed by atoms with Crippen LogP contribution in [-0.2, 0) is 9.57 Å². The highest BCUT2D eigenvalue weighted by Crippen LogP contribution is 2.07. The standard InChI is InChI=1S/C11H25NO4/c1-3-4-7-11(2)10-15-8-5-6-9-16-12(13)14/h11,13-14H,3-10H2,1-2H3. The van der Waals surface area contributed by atoms with Crippen molar-refractivity contribution < 1.29 is 20.0 Å². The molecule has 0 aromatic heterocycles. The second-order valence-electron chi connectivity index (χ2n) is 4.12. The van der Waals surface area contributed by atoms with Crippen molar-refractivity contribution in [1.82, 2.24) is 5.39 Å². The zero-order chi connectivity index (χ0) is 12.2. The van der Waals surface area contributed by atoms with E-state index in [1.54, 1.807) is 0 Å². The van der Waals surface area contributed by atoms with E-state index in [1.807, 2.05) is 0 Å². The first-order chi connectivity index (χ1) is 7.66. The van der Waals surface area contributed by atoms with E-state index in [0.717, 1.165) is 19.4 Å². The van der Waals surface area contributed by atoms with Gasteiger partial charge in [0.25, 0.3) is 0 Å². The maximum atomic E-state index is 8.25. The molecule has 1 unspecified atom stereocenters. The van der Waals surface area contributed by atoms with E-state index in [1.165, 1.54) is 19.3 Å². The molecule has 5 heteroatoms. The number of hydrogen-bond donors (Lipinski definition) is 2. The molecule has 0 aliphatic carbocycles. The molecule has 0 aromatic rings. The Bertz CT molecular complexity index is 144. The molecular formula is C11H25NO4. The Morgan fingerprint density at radius 1 is 1.12 bits per heavy atom. The van der Waals surface area contributed by atoms with Gasteiger partial charge < -0.3 is 4.74 Å². The average molecular weight is 235 g/mol. The number of ether oxygens (including phenoxy) is 1. The minimum atomic E-state index is -0.256. The Kier molecular flexibility index (Phi) is 11.1. The van der Waals surface area contributed by atoms with Crippen LogP contribution in [0.1, 0.15) is 46.0 Å². The van der Waals surface area contributed by atoms with E-state index in [0.29, 0.717) is 19.1 Å². The summed E-state index contributed by atoms with van der Waals surface area (Å²) >= 11 is 0. The summed E-state index contributed by atoms with van der Waals surface area (Å²) in [6.45, 7) is 6.21. The minimum absolute atomic E-state index is 0.256. The Hall–Kier alpha value is -0.200. The van der Waals surface area contributed by atoms with Gasteiger partial charge in [-0.25, -0.2) is 0 Å². The first-order valence-corrected chi connectivity index (χ1v) is 6.05. The quantitative estimate of drug-likeness (QED) is 0.426. The lowest BCUT2D eigenvalue weighted by Crippen LogP contribution is -2.15. The molecule has 0 saturated heterocycles. The highest BCUT2D eigenvalue weighted by atomic mass is 17.1. The summed E-state index contributed by atoms with van der Waals surface area (Å²) in [4.78, 5) is 4.41. The van der Waals surface area contributed by atoms with Crippen LogP contribution in [0.4, 0.5) is 0 Å². The molecule has 0 bridgehead atoms. The first-order valence-electron chi connectivity index (χ1n) is 6.05. The molecule has 16 heavy (non-hydrogen) atoms. The van der Waals surface area contributed by atoms with Crippen LogP contribution in [0.5, 0.6) is 0 Å². The Labute approximate surface area is 97.8 Å². The van der Waals surface area contributed by atoms with Gasteiger partial charge in [0.1, 0.15) is 0 Å². The van der Waals surface area contributed by atoms with Crippen LogP contribution in [0, 0.1) is 5.92 Å². The molecule has 0 radical (unpaired) electrons. The van der Waals surface area contributed by atoms with Gasteiger partial charge in [-0.05, 0) is 25.2 Å². The summed E-state index contributed by atoms with van der Waals surface area (Å²) in [6.07, 6.45) is 5.35. The second kappa shape index (κ2) is 11.3. The lowest BCUT2D eigenvalue weighted by atomic mass is 10.1. The molecule has 98 valence electrons. The summed E-state index contributed by atoms with van der Waals surface area (Å²) in [5.41, 5.74) is 0. The van der Waals surface area contributed by atoms with Crippen molar-refractivity contribution in [2.75, 3.05) is 19.8 Å². The second-order valence-corrected chi connectivity index (χ2v) is 4.12. The van der Waals surface area contributed by atoms with Gasteiger partial charge >= 0.3 is 0 Å².